The number of benzene rings is 1. The highest BCUT2D eigenvalue weighted by atomic mass is 19.1. The normalized spacial score (nSPS) is 16.8. The van der Waals surface area contributed by atoms with Gasteiger partial charge in [-0.2, -0.15) is 9.65 Å². The van der Waals surface area contributed by atoms with Crippen LogP contribution >= 0.6 is 0 Å². The minimum absolute atomic E-state index is 0.000877. The molecule has 4 heterocycles. The quantitative estimate of drug-likeness (QED) is 0.0359. The van der Waals surface area contributed by atoms with Gasteiger partial charge in [-0.15, -0.1) is 0 Å². The number of likely N-dealkylation sites (tertiary alicyclic amines) is 1. The number of nitrogens with zero attached hydrogens (tertiary/aromatic N) is 8. The Balaban J connectivity index is 1.20. The van der Waals surface area contributed by atoms with Crippen LogP contribution in [-0.4, -0.2) is 231 Å². The Morgan fingerprint density at radius 3 is 1.97 bits per heavy atom. The Labute approximate surface area is 448 Å². The molecule has 2 saturated heterocycles. The van der Waals surface area contributed by atoms with Crippen LogP contribution in [0.25, 0.3) is 10.9 Å². The third-order valence-corrected chi connectivity index (χ3v) is 13.1. The Morgan fingerprint density at radius 2 is 1.37 bits per heavy atom. The maximum atomic E-state index is 13.7. The van der Waals surface area contributed by atoms with E-state index in [0.29, 0.717) is 55.3 Å². The molecule has 26 nitrogen and oxygen atoms in total. The van der Waals surface area contributed by atoms with Crippen molar-refractivity contribution in [3.63, 3.8) is 0 Å². The summed E-state index contributed by atoms with van der Waals surface area (Å²) in [7, 11) is 0. The van der Waals surface area contributed by atoms with Crippen LogP contribution in [0.4, 0.5) is 4.39 Å². The van der Waals surface area contributed by atoms with E-state index >= 15 is 0 Å². The van der Waals surface area contributed by atoms with Crippen LogP contribution in [0.15, 0.2) is 48.8 Å². The van der Waals surface area contributed by atoms with Crippen LogP contribution in [0.1, 0.15) is 72.1 Å². The molecule has 3 aromatic rings. The summed E-state index contributed by atoms with van der Waals surface area (Å²) in [5.41, 5.74) is 0.883. The minimum atomic E-state index is -1.30. The lowest BCUT2D eigenvalue weighted by atomic mass is 10.1. The number of carbonyl (C=O) groups excluding carboxylic acids is 5. The summed E-state index contributed by atoms with van der Waals surface area (Å²) in [6, 6.07) is 7.97. The number of nitriles is 1. The molecule has 1 unspecified atom stereocenters. The third-order valence-electron chi connectivity index (χ3n) is 13.1. The molecule has 0 saturated carbocycles. The fraction of sp³-hybridized carbons (Fsp3) is 0.529. The maximum absolute atomic E-state index is 13.7. The van der Waals surface area contributed by atoms with E-state index in [-0.39, 0.29) is 121 Å². The van der Waals surface area contributed by atoms with E-state index < -0.39 is 84.7 Å². The van der Waals surface area contributed by atoms with Crippen molar-refractivity contribution in [2.24, 2.45) is 0 Å². The number of carbonyl (C=O) groups is 9. The average Bonchev–Trinajstić information content (AvgIpc) is 3.95. The smallest absolute Gasteiger partial charge is 0.320 e. The molecule has 27 heteroatoms. The van der Waals surface area contributed by atoms with Crippen LogP contribution < -0.4 is 26.0 Å². The van der Waals surface area contributed by atoms with Crippen molar-refractivity contribution >= 4 is 64.3 Å². The largest absolute Gasteiger partial charge is 0.494 e. The molecule has 0 aliphatic carbocycles. The zero-order valence-electron chi connectivity index (χ0n) is 43.1. The van der Waals surface area contributed by atoms with Gasteiger partial charge < -0.3 is 51.3 Å². The third kappa shape index (κ3) is 20.2. The topological polar surface area (TPSA) is 358 Å². The van der Waals surface area contributed by atoms with Gasteiger partial charge in [0.05, 0.1) is 55.5 Å². The van der Waals surface area contributed by atoms with Crippen molar-refractivity contribution in [2.75, 3.05) is 105 Å². The summed E-state index contributed by atoms with van der Waals surface area (Å²) in [4.78, 5) is 129. The summed E-state index contributed by atoms with van der Waals surface area (Å²) < 4.78 is 19.2. The first-order valence-electron chi connectivity index (χ1n) is 25.7. The monoisotopic (exact) mass is 1090 g/mol. The lowest BCUT2D eigenvalue weighted by Crippen LogP contribution is -2.52. The lowest BCUT2D eigenvalue weighted by Gasteiger charge is -2.35. The van der Waals surface area contributed by atoms with Gasteiger partial charge in [-0.05, 0) is 81.3 Å². The molecule has 5 amide bonds. The van der Waals surface area contributed by atoms with Crippen molar-refractivity contribution in [3.8, 4) is 11.8 Å². The zero-order chi connectivity index (χ0) is 56.6. The molecule has 2 aromatic heterocycles. The fourth-order valence-electron chi connectivity index (χ4n) is 9.03. The van der Waals surface area contributed by atoms with E-state index in [9.17, 15) is 73.2 Å². The van der Waals surface area contributed by atoms with E-state index in [2.05, 4.69) is 37.3 Å². The number of hydrogen-bond acceptors (Lipinski definition) is 17. The highest BCUT2D eigenvalue weighted by Crippen LogP contribution is 2.23. The number of pyridine rings is 2. The molecule has 3 atom stereocenters. The highest BCUT2D eigenvalue weighted by Gasteiger charge is 2.31. The first kappa shape index (κ1) is 60.9. The van der Waals surface area contributed by atoms with Gasteiger partial charge in [-0.1, -0.05) is 0 Å². The molecule has 2 aliphatic heterocycles. The summed E-state index contributed by atoms with van der Waals surface area (Å²) in [6.07, 6.45) is 4.32. The second-order valence-electron chi connectivity index (χ2n) is 18.8. The van der Waals surface area contributed by atoms with Gasteiger partial charge in [0.15, 0.2) is 0 Å². The standard InChI is InChI=1S/C51H67FN12O14/c52-42-11-7-34(29-57-42)48(73)55-14-2-1-6-40(50(75)56-15-4-26-78-36-8-9-39-38(27-36)37(13-16-54-39)49(74)58-30-44(66)64-17-3-5-35(64)28-53)59-43(65)12-10-41(51(76)77)63-24-22-61(32-46(69)70)20-18-60(31-45(67)68)19-21-62(23-25-63)33-47(71)72/h7-9,11,13,16,27,29,35,40-41H,1-6,10,12,14-15,17-26,30-33H2,(H,55,73)(H,56,75)(H,58,74)(H,59,65)(H,67,68)(H,69,70)(H,71,72)(H,76,77)/t35-,40-,41?/m0/s1. The van der Waals surface area contributed by atoms with Crippen molar-refractivity contribution in [2.45, 2.75) is 69.5 Å². The number of rotatable bonds is 27. The van der Waals surface area contributed by atoms with E-state index in [1.54, 1.807) is 32.9 Å². The lowest BCUT2D eigenvalue weighted by molar-refractivity contribution is -0.145. The van der Waals surface area contributed by atoms with Crippen LogP contribution in [-0.2, 0) is 33.6 Å². The Hall–Kier alpha value is -7.93. The molecule has 422 valence electrons. The van der Waals surface area contributed by atoms with Gasteiger partial charge in [-0.25, -0.2) is 4.98 Å². The molecule has 78 heavy (non-hydrogen) atoms. The number of carboxylic acid groups (broad SMARTS) is 4. The molecular weight excluding hydrogens is 1020 g/mol. The summed E-state index contributed by atoms with van der Waals surface area (Å²) in [6.45, 7) is -0.0766. The van der Waals surface area contributed by atoms with Gasteiger partial charge in [-0.3, -0.25) is 67.7 Å². The number of carboxylic acids is 4. The van der Waals surface area contributed by atoms with Crippen molar-refractivity contribution in [1.82, 2.24) is 55.7 Å². The van der Waals surface area contributed by atoms with Crippen molar-refractivity contribution in [1.29, 1.82) is 5.26 Å². The van der Waals surface area contributed by atoms with Gasteiger partial charge >= 0.3 is 23.9 Å². The molecule has 2 fully saturated rings. The van der Waals surface area contributed by atoms with E-state index in [1.807, 2.05) is 0 Å². The van der Waals surface area contributed by atoms with E-state index in [1.165, 1.54) is 28.1 Å². The zero-order valence-corrected chi connectivity index (χ0v) is 43.1. The fourth-order valence-corrected chi connectivity index (χ4v) is 9.03. The van der Waals surface area contributed by atoms with Crippen LogP contribution in [0.5, 0.6) is 5.75 Å². The Kier molecular flexibility index (Phi) is 24.5. The van der Waals surface area contributed by atoms with Gasteiger partial charge in [0, 0.05) is 96.2 Å². The van der Waals surface area contributed by atoms with E-state index in [0.717, 1.165) is 12.3 Å². The SMILES string of the molecule is N#C[C@@H]1CCCN1C(=O)CNC(=O)c1ccnc2ccc(OCCCNC(=O)[C@H](CCCCNC(=O)c3ccc(F)nc3)NC(=O)CCC(C(=O)O)N3CCN(CC(=O)O)CCN(CC(=O)O)CCN(CC(=O)O)CC3)cc12. The highest BCUT2D eigenvalue weighted by molar-refractivity contribution is 6.07. The molecule has 1 aromatic carbocycles. The number of aliphatic carboxylic acids is 4. The second kappa shape index (κ2) is 31.3. The van der Waals surface area contributed by atoms with Crippen LogP contribution in [0.3, 0.4) is 0 Å². The van der Waals surface area contributed by atoms with Gasteiger partial charge in [0.1, 0.15) is 23.9 Å². The van der Waals surface area contributed by atoms with Crippen LogP contribution in [0, 0.1) is 17.3 Å². The van der Waals surface area contributed by atoms with Crippen LogP contribution in [0.2, 0.25) is 0 Å². The Bertz CT molecular complexity index is 2590. The summed E-state index contributed by atoms with van der Waals surface area (Å²) in [5, 5.41) is 59.9. The Morgan fingerprint density at radius 1 is 0.731 bits per heavy atom. The molecule has 0 spiro atoms. The minimum Gasteiger partial charge on any atom is -0.494 e. The number of nitrogens with one attached hydrogen (secondary N) is 4. The molecule has 0 radical (unpaired) electrons. The first-order valence-corrected chi connectivity index (χ1v) is 25.7. The number of hydrogen-bond donors (Lipinski definition) is 8. The number of fused-ring (bicyclic) bond motifs is 1. The molecule has 0 bridgehead atoms. The summed E-state index contributed by atoms with van der Waals surface area (Å²) >= 11 is 0. The molecule has 8 N–H and O–H groups in total. The predicted octanol–water partition coefficient (Wildman–Crippen LogP) is -0.308. The van der Waals surface area contributed by atoms with Gasteiger partial charge in [0.2, 0.25) is 23.7 Å². The molecule has 5 rings (SSSR count). The number of amides is 5. The second-order valence-corrected chi connectivity index (χ2v) is 18.8. The van der Waals surface area contributed by atoms with Gasteiger partial charge in [0.25, 0.3) is 11.8 Å². The maximum Gasteiger partial charge on any atom is 0.320 e. The number of unbranched alkanes of at least 4 members (excludes halogenated alkanes) is 1. The number of aromatic nitrogens is 2. The average molecular weight is 1090 g/mol. The molecule has 2 aliphatic rings. The van der Waals surface area contributed by atoms with Crippen molar-refractivity contribution < 1.29 is 72.7 Å². The van der Waals surface area contributed by atoms with E-state index in [4.69, 9.17) is 4.74 Å². The van der Waals surface area contributed by atoms with Crippen molar-refractivity contribution in [3.05, 3.63) is 65.9 Å². The number of ether oxygens (including phenoxy) is 1. The predicted molar refractivity (Wildman–Crippen MR) is 274 cm³/mol. The molecular formula is C51H67FN12O14. The number of halogens is 1. The summed E-state index contributed by atoms with van der Waals surface area (Å²) in [5.74, 6) is -7.66. The first-order chi connectivity index (χ1) is 37.4.